The fourth-order valence-corrected chi connectivity index (χ4v) is 2.94. The maximum Gasteiger partial charge on any atom is 0.251 e. The number of carbonyl (C=O) groups is 2. The first-order valence-corrected chi connectivity index (χ1v) is 8.58. The van der Waals surface area contributed by atoms with Crippen LogP contribution in [0.3, 0.4) is 0 Å². The molecular formula is C20H22N2O3. The Morgan fingerprint density at radius 3 is 2.60 bits per heavy atom. The Balaban J connectivity index is 1.63. The molecule has 0 radical (unpaired) electrons. The molecule has 5 heteroatoms. The summed E-state index contributed by atoms with van der Waals surface area (Å²) in [5, 5.41) is 2.91. The molecule has 1 fully saturated rings. The Kier molecular flexibility index (Phi) is 5.33. The fraction of sp³-hybridized carbons (Fsp3) is 0.300. The molecule has 1 N–H and O–H groups in total. The smallest absolute Gasteiger partial charge is 0.251 e. The van der Waals surface area contributed by atoms with Crippen LogP contribution in [0.1, 0.15) is 35.7 Å². The molecule has 0 bridgehead atoms. The maximum absolute atomic E-state index is 12.4. The van der Waals surface area contributed by atoms with Crippen molar-refractivity contribution in [1.29, 1.82) is 0 Å². The van der Waals surface area contributed by atoms with Gasteiger partial charge in [-0.1, -0.05) is 18.2 Å². The molecule has 0 spiro atoms. The van der Waals surface area contributed by atoms with Gasteiger partial charge in [0.15, 0.2) is 0 Å². The van der Waals surface area contributed by atoms with Crippen LogP contribution in [0.2, 0.25) is 0 Å². The molecule has 1 aliphatic heterocycles. The van der Waals surface area contributed by atoms with E-state index in [1.165, 1.54) is 0 Å². The molecule has 1 heterocycles. The molecule has 3 rings (SSSR count). The molecule has 2 aromatic carbocycles. The highest BCUT2D eigenvalue weighted by atomic mass is 16.5. The predicted octanol–water partition coefficient (Wildman–Crippen LogP) is 3.14. The molecule has 5 nitrogen and oxygen atoms in total. The lowest BCUT2D eigenvalue weighted by molar-refractivity contribution is -0.117. The van der Waals surface area contributed by atoms with E-state index in [0.717, 1.165) is 30.0 Å². The second-order valence-electron chi connectivity index (χ2n) is 5.92. The maximum atomic E-state index is 12.4. The van der Waals surface area contributed by atoms with Gasteiger partial charge < -0.3 is 15.0 Å². The third-order valence-electron chi connectivity index (χ3n) is 4.23. The minimum absolute atomic E-state index is 0.143. The van der Waals surface area contributed by atoms with E-state index in [4.69, 9.17) is 4.74 Å². The van der Waals surface area contributed by atoms with Crippen LogP contribution in [0.5, 0.6) is 5.75 Å². The van der Waals surface area contributed by atoms with Gasteiger partial charge in [-0.2, -0.15) is 0 Å². The molecule has 0 atom stereocenters. The molecule has 130 valence electrons. The number of rotatable bonds is 6. The van der Waals surface area contributed by atoms with E-state index >= 15 is 0 Å². The quantitative estimate of drug-likeness (QED) is 0.880. The Morgan fingerprint density at radius 1 is 1.16 bits per heavy atom. The van der Waals surface area contributed by atoms with E-state index < -0.39 is 0 Å². The summed E-state index contributed by atoms with van der Waals surface area (Å²) in [6.07, 6.45) is 1.49. The van der Waals surface area contributed by atoms with Crippen LogP contribution in [-0.4, -0.2) is 25.0 Å². The number of nitrogens with zero attached hydrogens (tertiary/aromatic N) is 1. The standard InChI is InChI=1S/C20H22N2O3/c1-2-25-18-7-4-3-6-16(18)14-21-20(24)15-9-11-17(12-10-15)22-13-5-8-19(22)23/h3-4,6-7,9-12H,2,5,8,13-14H2,1H3,(H,21,24). The molecule has 1 aliphatic rings. The highest BCUT2D eigenvalue weighted by Crippen LogP contribution is 2.22. The van der Waals surface area contributed by atoms with E-state index in [0.29, 0.717) is 25.1 Å². The van der Waals surface area contributed by atoms with Crippen LogP contribution >= 0.6 is 0 Å². The van der Waals surface area contributed by atoms with Gasteiger partial charge in [-0.3, -0.25) is 9.59 Å². The first-order valence-electron chi connectivity index (χ1n) is 8.58. The van der Waals surface area contributed by atoms with Crippen LogP contribution < -0.4 is 15.0 Å². The predicted molar refractivity (Wildman–Crippen MR) is 96.8 cm³/mol. The number of para-hydroxylation sites is 1. The van der Waals surface area contributed by atoms with Gasteiger partial charge in [0.25, 0.3) is 5.91 Å². The van der Waals surface area contributed by atoms with E-state index in [-0.39, 0.29) is 11.8 Å². The Morgan fingerprint density at radius 2 is 1.92 bits per heavy atom. The average molecular weight is 338 g/mol. The van der Waals surface area contributed by atoms with Crippen molar-refractivity contribution in [3.8, 4) is 5.75 Å². The molecule has 2 aromatic rings. The van der Waals surface area contributed by atoms with Crippen LogP contribution in [-0.2, 0) is 11.3 Å². The molecular weight excluding hydrogens is 316 g/mol. The Hall–Kier alpha value is -2.82. The molecule has 0 unspecified atom stereocenters. The average Bonchev–Trinajstić information content (AvgIpc) is 3.07. The van der Waals surface area contributed by atoms with Crippen LogP contribution in [0.15, 0.2) is 48.5 Å². The van der Waals surface area contributed by atoms with Gasteiger partial charge in [0, 0.05) is 36.3 Å². The second-order valence-corrected chi connectivity index (χ2v) is 5.92. The Labute approximate surface area is 147 Å². The van der Waals surface area contributed by atoms with Crippen molar-refractivity contribution < 1.29 is 14.3 Å². The van der Waals surface area contributed by atoms with Crippen LogP contribution in [0.25, 0.3) is 0 Å². The summed E-state index contributed by atoms with van der Waals surface area (Å²) in [6, 6.07) is 14.8. The minimum Gasteiger partial charge on any atom is -0.494 e. The first-order chi connectivity index (χ1) is 12.2. The van der Waals surface area contributed by atoms with Crippen molar-refractivity contribution in [2.24, 2.45) is 0 Å². The van der Waals surface area contributed by atoms with Crippen molar-refractivity contribution in [1.82, 2.24) is 5.32 Å². The third-order valence-corrected chi connectivity index (χ3v) is 4.23. The minimum atomic E-state index is -0.148. The summed E-state index contributed by atoms with van der Waals surface area (Å²) in [5.41, 5.74) is 2.36. The number of benzene rings is 2. The highest BCUT2D eigenvalue weighted by Gasteiger charge is 2.21. The summed E-state index contributed by atoms with van der Waals surface area (Å²) in [4.78, 5) is 25.9. The van der Waals surface area contributed by atoms with Gasteiger partial charge in [-0.25, -0.2) is 0 Å². The number of hydrogen-bond donors (Lipinski definition) is 1. The molecule has 0 aliphatic carbocycles. The summed E-state index contributed by atoms with van der Waals surface area (Å²) in [6.45, 7) is 3.67. The van der Waals surface area contributed by atoms with Gasteiger partial charge in [0.2, 0.25) is 5.91 Å². The first kappa shape index (κ1) is 17.0. The van der Waals surface area contributed by atoms with Gasteiger partial charge in [0.1, 0.15) is 5.75 Å². The van der Waals surface area contributed by atoms with Crippen molar-refractivity contribution in [2.75, 3.05) is 18.1 Å². The normalized spacial score (nSPS) is 13.8. The molecule has 0 saturated carbocycles. The monoisotopic (exact) mass is 338 g/mol. The van der Waals surface area contributed by atoms with Gasteiger partial charge in [0.05, 0.1) is 6.61 Å². The number of anilines is 1. The van der Waals surface area contributed by atoms with Crippen LogP contribution in [0.4, 0.5) is 5.69 Å². The lowest BCUT2D eigenvalue weighted by Crippen LogP contribution is -2.25. The molecule has 2 amide bonds. The number of carbonyl (C=O) groups excluding carboxylic acids is 2. The van der Waals surface area contributed by atoms with E-state index in [9.17, 15) is 9.59 Å². The van der Waals surface area contributed by atoms with Crippen LogP contribution in [0, 0.1) is 0 Å². The number of hydrogen-bond acceptors (Lipinski definition) is 3. The van der Waals surface area contributed by atoms with Gasteiger partial charge in [-0.15, -0.1) is 0 Å². The summed E-state index contributed by atoms with van der Waals surface area (Å²) >= 11 is 0. The topological polar surface area (TPSA) is 58.6 Å². The summed E-state index contributed by atoms with van der Waals surface area (Å²) in [7, 11) is 0. The Bertz CT molecular complexity index is 756. The van der Waals surface area contributed by atoms with E-state index in [1.54, 1.807) is 17.0 Å². The van der Waals surface area contributed by atoms with Crippen molar-refractivity contribution in [2.45, 2.75) is 26.3 Å². The zero-order valence-corrected chi connectivity index (χ0v) is 14.3. The largest absolute Gasteiger partial charge is 0.494 e. The zero-order valence-electron chi connectivity index (χ0n) is 14.3. The summed E-state index contributed by atoms with van der Waals surface area (Å²) in [5.74, 6) is 0.781. The van der Waals surface area contributed by atoms with Gasteiger partial charge >= 0.3 is 0 Å². The fourth-order valence-electron chi connectivity index (χ4n) is 2.94. The lowest BCUT2D eigenvalue weighted by Gasteiger charge is -2.16. The zero-order chi connectivity index (χ0) is 17.6. The van der Waals surface area contributed by atoms with Gasteiger partial charge in [-0.05, 0) is 43.7 Å². The van der Waals surface area contributed by atoms with Crippen molar-refractivity contribution in [3.05, 3.63) is 59.7 Å². The number of amides is 2. The summed E-state index contributed by atoms with van der Waals surface area (Å²) < 4.78 is 5.57. The van der Waals surface area contributed by atoms with Crippen molar-refractivity contribution >= 4 is 17.5 Å². The van der Waals surface area contributed by atoms with Crippen molar-refractivity contribution in [3.63, 3.8) is 0 Å². The van der Waals surface area contributed by atoms with E-state index in [1.807, 2.05) is 43.3 Å². The SMILES string of the molecule is CCOc1ccccc1CNC(=O)c1ccc(N2CCCC2=O)cc1. The van der Waals surface area contributed by atoms with E-state index in [2.05, 4.69) is 5.32 Å². The number of nitrogens with one attached hydrogen (secondary N) is 1. The molecule has 1 saturated heterocycles. The lowest BCUT2D eigenvalue weighted by atomic mass is 10.1. The molecule has 25 heavy (non-hydrogen) atoms. The second kappa shape index (κ2) is 7.83. The highest BCUT2D eigenvalue weighted by molar-refractivity contribution is 5.97. The third kappa shape index (κ3) is 3.99. The number of ether oxygens (including phenoxy) is 1. The molecule has 0 aromatic heterocycles.